The summed E-state index contributed by atoms with van der Waals surface area (Å²) in [5.74, 6) is 0.828. The van der Waals surface area contributed by atoms with E-state index in [0.717, 1.165) is 59.4 Å². The van der Waals surface area contributed by atoms with Crippen LogP contribution in [-0.2, 0) is 6.42 Å². The molecule has 4 rings (SSSR count). The van der Waals surface area contributed by atoms with Gasteiger partial charge in [-0.25, -0.2) is 0 Å². The van der Waals surface area contributed by atoms with Crippen LogP contribution < -0.4 is 0 Å². The van der Waals surface area contributed by atoms with E-state index in [0.29, 0.717) is 0 Å². The predicted octanol–water partition coefficient (Wildman–Crippen LogP) is 4.38. The van der Waals surface area contributed by atoms with Crippen molar-refractivity contribution in [3.8, 4) is 0 Å². The molecule has 1 aromatic carbocycles. The van der Waals surface area contributed by atoms with Gasteiger partial charge in [0, 0.05) is 23.7 Å². The molecule has 1 amide bonds. The number of benzene rings is 1. The van der Waals surface area contributed by atoms with Crippen LogP contribution in [0.5, 0.6) is 0 Å². The minimum absolute atomic E-state index is 0.0159. The van der Waals surface area contributed by atoms with Crippen LogP contribution >= 0.6 is 0 Å². The summed E-state index contributed by atoms with van der Waals surface area (Å²) in [7, 11) is 0. The van der Waals surface area contributed by atoms with Crippen LogP contribution in [0.3, 0.4) is 0 Å². The van der Waals surface area contributed by atoms with E-state index in [1.165, 1.54) is 5.56 Å². The highest BCUT2D eigenvalue weighted by atomic mass is 16.5. The van der Waals surface area contributed by atoms with Crippen LogP contribution in [0, 0.1) is 13.8 Å². The summed E-state index contributed by atoms with van der Waals surface area (Å²) in [6.07, 6.45) is 2.83. The lowest BCUT2D eigenvalue weighted by atomic mass is 10.0. The Bertz CT molecular complexity index is 977. The summed E-state index contributed by atoms with van der Waals surface area (Å²) < 4.78 is 5.23. The maximum Gasteiger partial charge on any atom is 0.255 e. The molecule has 5 nitrogen and oxygen atoms in total. The van der Waals surface area contributed by atoms with Crippen LogP contribution in [0.1, 0.15) is 58.9 Å². The molecule has 1 aliphatic rings. The van der Waals surface area contributed by atoms with Gasteiger partial charge in [-0.15, -0.1) is 0 Å². The number of hydrogen-bond acceptors (Lipinski definition) is 4. The highest BCUT2D eigenvalue weighted by molar-refractivity contribution is 6.06. The number of carbonyl (C=O) groups is 1. The lowest BCUT2D eigenvalue weighted by Crippen LogP contribution is -2.31. The van der Waals surface area contributed by atoms with Crippen molar-refractivity contribution in [1.82, 2.24) is 15.0 Å². The summed E-state index contributed by atoms with van der Waals surface area (Å²) in [5, 5.41) is 5.08. The second-order valence-electron chi connectivity index (χ2n) is 7.04. The Morgan fingerprint density at radius 3 is 2.85 bits per heavy atom. The van der Waals surface area contributed by atoms with Gasteiger partial charge in [-0.05, 0) is 56.9 Å². The second-order valence-corrected chi connectivity index (χ2v) is 7.04. The quantitative estimate of drug-likeness (QED) is 0.704. The molecule has 1 atom stereocenters. The van der Waals surface area contributed by atoms with Crippen LogP contribution in [0.25, 0.3) is 10.9 Å². The molecule has 2 aromatic heterocycles. The van der Waals surface area contributed by atoms with Gasteiger partial charge in [-0.2, -0.15) is 0 Å². The summed E-state index contributed by atoms with van der Waals surface area (Å²) in [6, 6.07) is 10.0. The van der Waals surface area contributed by atoms with Crippen LogP contribution in [0.15, 0.2) is 34.9 Å². The number of hydrogen-bond donors (Lipinski definition) is 0. The normalized spacial score (nSPS) is 17.2. The second kappa shape index (κ2) is 6.56. The van der Waals surface area contributed by atoms with Crippen molar-refractivity contribution in [3.05, 3.63) is 58.6 Å². The molecule has 0 saturated carbocycles. The summed E-state index contributed by atoms with van der Waals surface area (Å²) >= 11 is 0. The van der Waals surface area contributed by atoms with E-state index in [9.17, 15) is 4.79 Å². The Kier molecular flexibility index (Phi) is 4.23. The molecule has 1 saturated heterocycles. The lowest BCUT2D eigenvalue weighted by molar-refractivity contribution is 0.0732. The lowest BCUT2D eigenvalue weighted by Gasteiger charge is -2.24. The number of carbonyl (C=O) groups excluding carboxylic acids is 1. The Morgan fingerprint density at radius 1 is 1.27 bits per heavy atom. The number of amides is 1. The maximum atomic E-state index is 13.4. The highest BCUT2D eigenvalue weighted by Gasteiger charge is 2.33. The van der Waals surface area contributed by atoms with E-state index in [1.807, 2.05) is 36.9 Å². The largest absolute Gasteiger partial charge is 0.361 e. The van der Waals surface area contributed by atoms with Crippen molar-refractivity contribution in [3.63, 3.8) is 0 Å². The molecule has 1 aliphatic heterocycles. The fourth-order valence-electron chi connectivity index (χ4n) is 3.82. The Morgan fingerprint density at radius 2 is 2.12 bits per heavy atom. The fourth-order valence-corrected chi connectivity index (χ4v) is 3.82. The van der Waals surface area contributed by atoms with Gasteiger partial charge >= 0.3 is 0 Å². The molecular weight excluding hydrogens is 326 g/mol. The molecule has 26 heavy (non-hydrogen) atoms. The zero-order valence-electron chi connectivity index (χ0n) is 15.5. The first kappa shape index (κ1) is 16.8. The van der Waals surface area contributed by atoms with Crippen molar-refractivity contribution in [2.24, 2.45) is 0 Å². The summed E-state index contributed by atoms with van der Waals surface area (Å²) in [4.78, 5) is 20.0. The molecule has 0 spiro atoms. The molecule has 5 heteroatoms. The van der Waals surface area contributed by atoms with Crippen LogP contribution in [0.2, 0.25) is 0 Å². The van der Waals surface area contributed by atoms with Crippen molar-refractivity contribution < 1.29 is 9.32 Å². The smallest absolute Gasteiger partial charge is 0.255 e. The minimum Gasteiger partial charge on any atom is -0.361 e. The Labute approximate surface area is 153 Å². The first-order valence-corrected chi connectivity index (χ1v) is 9.21. The van der Waals surface area contributed by atoms with E-state index in [2.05, 4.69) is 29.2 Å². The molecule has 1 fully saturated rings. The number of rotatable bonds is 3. The van der Waals surface area contributed by atoms with E-state index < -0.39 is 0 Å². The Balaban J connectivity index is 1.77. The van der Waals surface area contributed by atoms with Crippen LogP contribution in [-0.4, -0.2) is 27.5 Å². The van der Waals surface area contributed by atoms with Gasteiger partial charge in [0.1, 0.15) is 11.5 Å². The molecule has 0 aliphatic carbocycles. The molecule has 0 bridgehead atoms. The molecule has 0 N–H and O–H groups in total. The molecule has 0 unspecified atom stereocenters. The van der Waals surface area contributed by atoms with E-state index >= 15 is 0 Å². The summed E-state index contributed by atoms with van der Waals surface area (Å²) in [6.45, 7) is 6.68. The standard InChI is InChI=1S/C21H23N3O2/c1-4-15-7-8-18-16(12-15)17(10-13(2)22-18)21(25)24-9-5-6-20(24)19-11-14(3)26-23-19/h7-8,10-12,20H,4-6,9H2,1-3H3/t20-/m1/s1. The summed E-state index contributed by atoms with van der Waals surface area (Å²) in [5.41, 5.74) is 4.52. The molecular formula is C21H23N3O2. The average molecular weight is 349 g/mol. The third-order valence-corrected chi connectivity index (χ3v) is 5.14. The van der Waals surface area contributed by atoms with E-state index in [-0.39, 0.29) is 11.9 Å². The number of likely N-dealkylation sites (tertiary alicyclic amines) is 1. The molecule has 134 valence electrons. The number of pyridine rings is 1. The van der Waals surface area contributed by atoms with Gasteiger partial charge < -0.3 is 9.42 Å². The fraction of sp³-hybridized carbons (Fsp3) is 0.381. The number of nitrogens with zero attached hydrogens (tertiary/aromatic N) is 3. The van der Waals surface area contributed by atoms with Gasteiger partial charge in [-0.1, -0.05) is 18.1 Å². The first-order chi connectivity index (χ1) is 12.6. The van der Waals surface area contributed by atoms with E-state index in [4.69, 9.17) is 4.52 Å². The number of aryl methyl sites for hydroxylation is 3. The first-order valence-electron chi connectivity index (χ1n) is 9.21. The molecule has 3 heterocycles. The van der Waals surface area contributed by atoms with Crippen molar-refractivity contribution in [1.29, 1.82) is 0 Å². The van der Waals surface area contributed by atoms with Gasteiger partial charge in [0.05, 0.1) is 17.1 Å². The van der Waals surface area contributed by atoms with Crippen molar-refractivity contribution in [2.75, 3.05) is 6.54 Å². The third kappa shape index (κ3) is 2.87. The Hall–Kier alpha value is -2.69. The molecule has 0 radical (unpaired) electrons. The number of aromatic nitrogens is 2. The van der Waals surface area contributed by atoms with Gasteiger partial charge in [0.25, 0.3) is 5.91 Å². The average Bonchev–Trinajstić information content (AvgIpc) is 3.28. The van der Waals surface area contributed by atoms with Gasteiger partial charge in [-0.3, -0.25) is 9.78 Å². The van der Waals surface area contributed by atoms with E-state index in [1.54, 1.807) is 0 Å². The predicted molar refractivity (Wildman–Crippen MR) is 100 cm³/mol. The van der Waals surface area contributed by atoms with Crippen molar-refractivity contribution >= 4 is 16.8 Å². The zero-order valence-corrected chi connectivity index (χ0v) is 15.5. The highest BCUT2D eigenvalue weighted by Crippen LogP contribution is 2.34. The molecule has 3 aromatic rings. The van der Waals surface area contributed by atoms with Gasteiger partial charge in [0.15, 0.2) is 0 Å². The van der Waals surface area contributed by atoms with Crippen molar-refractivity contribution in [2.45, 2.75) is 46.1 Å². The SMILES string of the molecule is CCc1ccc2nc(C)cc(C(=O)N3CCC[C@@H]3c3cc(C)on3)c2c1. The monoisotopic (exact) mass is 349 g/mol. The third-order valence-electron chi connectivity index (χ3n) is 5.14. The topological polar surface area (TPSA) is 59.2 Å². The van der Waals surface area contributed by atoms with Gasteiger partial charge in [0.2, 0.25) is 0 Å². The number of fused-ring (bicyclic) bond motifs is 1. The van der Waals surface area contributed by atoms with Crippen LogP contribution in [0.4, 0.5) is 0 Å². The minimum atomic E-state index is -0.0159. The maximum absolute atomic E-state index is 13.4. The zero-order chi connectivity index (χ0) is 18.3.